The Morgan fingerprint density at radius 3 is 2.64 bits per heavy atom. The molecule has 192 valence electrons. The van der Waals surface area contributed by atoms with E-state index in [0.717, 1.165) is 29.0 Å². The number of benzene rings is 2. The molecule has 0 aliphatic carbocycles. The van der Waals surface area contributed by atoms with Gasteiger partial charge >= 0.3 is 6.03 Å². The molecule has 0 unspecified atom stereocenters. The molecule has 0 radical (unpaired) electrons. The fourth-order valence-electron chi connectivity index (χ4n) is 4.11. The van der Waals surface area contributed by atoms with Crippen LogP contribution in [0, 0.1) is 0 Å². The summed E-state index contributed by atoms with van der Waals surface area (Å²) in [5, 5.41) is 9.03. The van der Waals surface area contributed by atoms with Crippen LogP contribution in [0.1, 0.15) is 36.9 Å². The maximum absolute atomic E-state index is 13.6. The zero-order chi connectivity index (χ0) is 25.5. The predicted molar refractivity (Wildman–Crippen MR) is 133 cm³/mol. The molecule has 0 spiro atoms. The van der Waals surface area contributed by atoms with Crippen LogP contribution < -0.4 is 19.5 Å². The summed E-state index contributed by atoms with van der Waals surface area (Å²) in [5.41, 5.74) is 2.54. The van der Waals surface area contributed by atoms with Gasteiger partial charge in [-0.25, -0.2) is 9.80 Å². The number of amides is 3. The SMILES string of the molecule is CCCNC(=O)N(CCOC)CC(=O)N1N=C(c2ccc(OC)cc2)C[C@H]1c1ccc2c(c1)OCO2. The fourth-order valence-corrected chi connectivity index (χ4v) is 4.11. The van der Waals surface area contributed by atoms with E-state index in [4.69, 9.17) is 24.0 Å². The third-order valence-corrected chi connectivity index (χ3v) is 6.08. The summed E-state index contributed by atoms with van der Waals surface area (Å²) in [5.74, 6) is 1.76. The van der Waals surface area contributed by atoms with Gasteiger partial charge in [0, 0.05) is 26.6 Å². The van der Waals surface area contributed by atoms with Crippen molar-refractivity contribution in [2.45, 2.75) is 25.8 Å². The van der Waals surface area contributed by atoms with Crippen LogP contribution in [0.2, 0.25) is 0 Å². The molecule has 0 aromatic heterocycles. The Kier molecular flexibility index (Phi) is 8.27. The molecule has 10 heteroatoms. The van der Waals surface area contributed by atoms with Crippen LogP contribution in [-0.4, -0.2) is 74.8 Å². The number of nitrogens with one attached hydrogen (secondary N) is 1. The molecule has 0 bridgehead atoms. The van der Waals surface area contributed by atoms with Crippen molar-refractivity contribution < 1.29 is 28.5 Å². The molecule has 2 aromatic carbocycles. The fraction of sp³-hybridized carbons (Fsp3) is 0.423. The van der Waals surface area contributed by atoms with Crippen molar-refractivity contribution >= 4 is 17.6 Å². The molecule has 10 nitrogen and oxygen atoms in total. The molecule has 1 N–H and O–H groups in total. The summed E-state index contributed by atoms with van der Waals surface area (Å²) >= 11 is 0. The number of hydrogen-bond donors (Lipinski definition) is 1. The topological polar surface area (TPSA) is 102 Å². The third-order valence-electron chi connectivity index (χ3n) is 6.08. The van der Waals surface area contributed by atoms with Crippen LogP contribution in [0.5, 0.6) is 17.2 Å². The molecule has 2 aliphatic heterocycles. The molecule has 4 rings (SSSR count). The zero-order valence-corrected chi connectivity index (χ0v) is 20.9. The van der Waals surface area contributed by atoms with Crippen molar-refractivity contribution in [3.8, 4) is 17.2 Å². The highest BCUT2D eigenvalue weighted by Gasteiger charge is 2.35. The molecule has 2 aromatic rings. The number of carbonyl (C=O) groups excluding carboxylic acids is 2. The highest BCUT2D eigenvalue weighted by molar-refractivity contribution is 6.03. The van der Waals surface area contributed by atoms with Gasteiger partial charge in [0.1, 0.15) is 12.3 Å². The summed E-state index contributed by atoms with van der Waals surface area (Å²) < 4.78 is 21.4. The molecular formula is C26H32N4O6. The van der Waals surface area contributed by atoms with Crippen LogP contribution in [0.15, 0.2) is 47.6 Å². The predicted octanol–water partition coefficient (Wildman–Crippen LogP) is 3.17. The van der Waals surface area contributed by atoms with Gasteiger partial charge in [0.2, 0.25) is 6.79 Å². The number of methoxy groups -OCH3 is 2. The van der Waals surface area contributed by atoms with Crippen LogP contribution in [0.3, 0.4) is 0 Å². The van der Waals surface area contributed by atoms with Gasteiger partial charge in [-0.15, -0.1) is 0 Å². The Hall–Kier alpha value is -3.79. The lowest BCUT2D eigenvalue weighted by Gasteiger charge is -2.27. The van der Waals surface area contributed by atoms with Crippen LogP contribution >= 0.6 is 0 Å². The minimum Gasteiger partial charge on any atom is -0.497 e. The van der Waals surface area contributed by atoms with E-state index in [1.165, 1.54) is 9.91 Å². The van der Waals surface area contributed by atoms with Gasteiger partial charge in [0.05, 0.1) is 25.5 Å². The van der Waals surface area contributed by atoms with Crippen LogP contribution in [0.4, 0.5) is 4.79 Å². The van der Waals surface area contributed by atoms with E-state index in [1.807, 2.05) is 49.4 Å². The largest absolute Gasteiger partial charge is 0.497 e. The van der Waals surface area contributed by atoms with E-state index in [2.05, 4.69) is 5.32 Å². The molecule has 1 atom stereocenters. The molecule has 2 aliphatic rings. The number of rotatable bonds is 10. The van der Waals surface area contributed by atoms with E-state index in [1.54, 1.807) is 14.2 Å². The molecule has 2 heterocycles. The van der Waals surface area contributed by atoms with Gasteiger partial charge in [-0.3, -0.25) is 4.79 Å². The van der Waals surface area contributed by atoms with Gasteiger partial charge in [0.25, 0.3) is 5.91 Å². The Balaban J connectivity index is 1.60. The third kappa shape index (κ3) is 5.71. The normalized spacial score (nSPS) is 16.0. The Morgan fingerprint density at radius 2 is 1.92 bits per heavy atom. The molecule has 0 saturated carbocycles. The maximum Gasteiger partial charge on any atom is 0.317 e. The van der Waals surface area contributed by atoms with Crippen molar-refractivity contribution in [1.29, 1.82) is 0 Å². The van der Waals surface area contributed by atoms with Gasteiger partial charge in [0.15, 0.2) is 11.5 Å². The smallest absolute Gasteiger partial charge is 0.317 e. The lowest BCUT2D eigenvalue weighted by Crippen LogP contribution is -2.47. The Morgan fingerprint density at radius 1 is 1.14 bits per heavy atom. The average molecular weight is 497 g/mol. The standard InChI is InChI=1S/C26H32N4O6/c1-4-11-27-26(32)29(12-13-33-2)16-25(31)30-22(19-7-10-23-24(14-19)36-17-35-23)15-21(28-30)18-5-8-20(34-3)9-6-18/h5-10,14,22H,4,11-13,15-17H2,1-3H3,(H,27,32)/t22-/m0/s1. The van der Waals surface area contributed by atoms with E-state index in [-0.39, 0.29) is 37.9 Å². The summed E-state index contributed by atoms with van der Waals surface area (Å²) in [6.07, 6.45) is 1.31. The summed E-state index contributed by atoms with van der Waals surface area (Å²) in [6, 6.07) is 12.6. The molecule has 3 amide bonds. The summed E-state index contributed by atoms with van der Waals surface area (Å²) in [6.45, 7) is 3.15. The number of urea groups is 1. The first-order valence-corrected chi connectivity index (χ1v) is 12.0. The number of ether oxygens (including phenoxy) is 4. The first-order valence-electron chi connectivity index (χ1n) is 12.0. The van der Waals surface area contributed by atoms with Crippen molar-refractivity contribution in [2.24, 2.45) is 5.10 Å². The van der Waals surface area contributed by atoms with Crippen LogP contribution in [-0.2, 0) is 9.53 Å². The second-order valence-electron chi connectivity index (χ2n) is 8.49. The first-order chi connectivity index (χ1) is 17.5. The van der Waals surface area contributed by atoms with E-state index >= 15 is 0 Å². The minimum atomic E-state index is -0.355. The zero-order valence-electron chi connectivity index (χ0n) is 20.9. The van der Waals surface area contributed by atoms with Crippen molar-refractivity contribution in [1.82, 2.24) is 15.2 Å². The Labute approximate surface area is 210 Å². The van der Waals surface area contributed by atoms with Gasteiger partial charge < -0.3 is 29.2 Å². The monoisotopic (exact) mass is 496 g/mol. The highest BCUT2D eigenvalue weighted by atomic mass is 16.7. The highest BCUT2D eigenvalue weighted by Crippen LogP contribution is 2.39. The van der Waals surface area contributed by atoms with Crippen molar-refractivity contribution in [3.63, 3.8) is 0 Å². The molecule has 0 fully saturated rings. The summed E-state index contributed by atoms with van der Waals surface area (Å²) in [7, 11) is 3.18. The number of carbonyl (C=O) groups is 2. The lowest BCUT2D eigenvalue weighted by molar-refractivity contribution is -0.133. The number of hydrogen-bond acceptors (Lipinski definition) is 7. The molecular weight excluding hydrogens is 464 g/mol. The lowest BCUT2D eigenvalue weighted by atomic mass is 9.98. The number of fused-ring (bicyclic) bond motifs is 1. The quantitative estimate of drug-likeness (QED) is 0.542. The van der Waals surface area contributed by atoms with Gasteiger partial charge in [-0.1, -0.05) is 13.0 Å². The van der Waals surface area contributed by atoms with Crippen molar-refractivity contribution in [3.05, 3.63) is 53.6 Å². The average Bonchev–Trinajstić information content (AvgIpc) is 3.56. The maximum atomic E-state index is 13.6. The van der Waals surface area contributed by atoms with Crippen molar-refractivity contribution in [2.75, 3.05) is 47.3 Å². The number of nitrogens with zero attached hydrogens (tertiary/aromatic N) is 3. The molecule has 36 heavy (non-hydrogen) atoms. The van der Waals surface area contributed by atoms with E-state index in [9.17, 15) is 9.59 Å². The molecule has 0 saturated heterocycles. The summed E-state index contributed by atoms with van der Waals surface area (Å²) in [4.78, 5) is 27.7. The first kappa shape index (κ1) is 25.3. The second-order valence-corrected chi connectivity index (χ2v) is 8.49. The second kappa shape index (κ2) is 11.8. The van der Waals surface area contributed by atoms with Gasteiger partial charge in [-0.05, 0) is 53.9 Å². The van der Waals surface area contributed by atoms with E-state index in [0.29, 0.717) is 31.1 Å². The number of hydrazone groups is 1. The van der Waals surface area contributed by atoms with Crippen LogP contribution in [0.25, 0.3) is 0 Å². The van der Waals surface area contributed by atoms with Gasteiger partial charge in [-0.2, -0.15) is 5.10 Å². The van der Waals surface area contributed by atoms with E-state index < -0.39 is 0 Å². The minimum absolute atomic E-state index is 0.126. The Bertz CT molecular complexity index is 1100.